The summed E-state index contributed by atoms with van der Waals surface area (Å²) in [5, 5.41) is 3.76. The smallest absolute Gasteiger partial charge is 0.348 e. The monoisotopic (exact) mass is 366 g/mol. The molecule has 0 radical (unpaired) electrons. The van der Waals surface area contributed by atoms with E-state index in [1.54, 1.807) is 17.4 Å². The average Bonchev–Trinajstić information content (AvgIpc) is 2.96. The number of hydrogen-bond acceptors (Lipinski definition) is 5. The van der Waals surface area contributed by atoms with Gasteiger partial charge in [-0.25, -0.2) is 9.78 Å². The number of aromatic amines is 1. The Balaban J connectivity index is 1.59. The highest BCUT2D eigenvalue weighted by Crippen LogP contribution is 2.28. The molecule has 0 saturated carbocycles. The number of aromatic nitrogens is 3. The zero-order valence-corrected chi connectivity index (χ0v) is 15.9. The highest BCUT2D eigenvalue weighted by Gasteiger charge is 2.23. The second kappa shape index (κ2) is 6.84. The molecular formula is C17H23ClN4OS. The third-order valence-electron chi connectivity index (χ3n) is 4.42. The van der Waals surface area contributed by atoms with Crippen LogP contribution in [-0.2, 0) is 11.8 Å². The fraction of sp³-hybridized carbons (Fsp3) is 0.588. The van der Waals surface area contributed by atoms with E-state index >= 15 is 0 Å². The third-order valence-corrected chi connectivity index (χ3v) is 5.49. The van der Waals surface area contributed by atoms with Gasteiger partial charge < -0.3 is 4.90 Å². The first kappa shape index (κ1) is 17.4. The number of piperidine rings is 1. The van der Waals surface area contributed by atoms with Gasteiger partial charge in [-0.1, -0.05) is 32.4 Å². The Morgan fingerprint density at radius 2 is 2.04 bits per heavy atom. The van der Waals surface area contributed by atoms with Gasteiger partial charge in [0.05, 0.1) is 10.7 Å². The van der Waals surface area contributed by atoms with Gasteiger partial charge in [-0.2, -0.15) is 4.98 Å². The zero-order chi connectivity index (χ0) is 17.3. The predicted molar refractivity (Wildman–Crippen MR) is 99.3 cm³/mol. The Kier molecular flexibility index (Phi) is 4.97. The number of halogens is 1. The molecule has 1 aliphatic rings. The minimum atomic E-state index is -0.392. The number of H-pyrrole nitrogens is 1. The minimum absolute atomic E-state index is 0.115. The van der Waals surface area contributed by atoms with Crippen molar-refractivity contribution in [1.29, 1.82) is 0 Å². The predicted octanol–water partition coefficient (Wildman–Crippen LogP) is 3.64. The Hall–Kier alpha value is -1.40. The lowest BCUT2D eigenvalue weighted by Gasteiger charge is -2.32. The van der Waals surface area contributed by atoms with Crippen LogP contribution in [0.5, 0.6) is 0 Å². The first-order chi connectivity index (χ1) is 11.3. The first-order valence-electron chi connectivity index (χ1n) is 8.28. The van der Waals surface area contributed by atoms with Gasteiger partial charge in [0.2, 0.25) is 0 Å². The van der Waals surface area contributed by atoms with E-state index in [9.17, 15) is 4.79 Å². The van der Waals surface area contributed by atoms with Crippen molar-refractivity contribution in [2.45, 2.75) is 45.4 Å². The van der Waals surface area contributed by atoms with Crippen molar-refractivity contribution in [3.63, 3.8) is 0 Å². The number of nitrogens with one attached hydrogen (secondary N) is 1. The summed E-state index contributed by atoms with van der Waals surface area (Å²) in [6.07, 6.45) is 3.20. The maximum Gasteiger partial charge on any atom is 0.348 e. The van der Waals surface area contributed by atoms with E-state index in [0.29, 0.717) is 16.9 Å². The van der Waals surface area contributed by atoms with Gasteiger partial charge in [-0.15, -0.1) is 11.3 Å². The summed E-state index contributed by atoms with van der Waals surface area (Å²) in [6, 6.07) is 1.72. The molecule has 2 aromatic rings. The summed E-state index contributed by atoms with van der Waals surface area (Å²) in [4.78, 5) is 24.9. The summed E-state index contributed by atoms with van der Waals surface area (Å²) < 4.78 is 0. The van der Waals surface area contributed by atoms with Crippen LogP contribution in [0.1, 0.15) is 44.3 Å². The number of rotatable bonds is 3. The molecule has 130 valence electrons. The van der Waals surface area contributed by atoms with E-state index in [2.05, 4.69) is 41.0 Å². The molecule has 5 nitrogen and oxygen atoms in total. The van der Waals surface area contributed by atoms with Gasteiger partial charge in [0.25, 0.3) is 0 Å². The fourth-order valence-corrected chi connectivity index (χ4v) is 4.26. The van der Waals surface area contributed by atoms with E-state index in [0.717, 1.165) is 32.4 Å². The Morgan fingerprint density at radius 3 is 2.62 bits per heavy atom. The summed E-state index contributed by atoms with van der Waals surface area (Å²) in [5.41, 5.74) is 0.906. The summed E-state index contributed by atoms with van der Waals surface area (Å²) in [6.45, 7) is 8.39. The minimum Gasteiger partial charge on any atom is -0.356 e. The van der Waals surface area contributed by atoms with Crippen LogP contribution in [-0.4, -0.2) is 28.0 Å². The molecule has 0 bridgehead atoms. The van der Waals surface area contributed by atoms with E-state index < -0.39 is 5.69 Å². The largest absolute Gasteiger partial charge is 0.356 e. The lowest BCUT2D eigenvalue weighted by Crippen LogP contribution is -2.36. The van der Waals surface area contributed by atoms with Gasteiger partial charge in [-0.3, -0.25) is 4.98 Å². The Labute approximate surface area is 151 Å². The van der Waals surface area contributed by atoms with E-state index in [1.165, 1.54) is 10.7 Å². The molecule has 3 heterocycles. The molecule has 1 saturated heterocycles. The molecule has 0 unspecified atom stereocenters. The van der Waals surface area contributed by atoms with E-state index in [1.807, 2.05) is 0 Å². The van der Waals surface area contributed by atoms with Crippen LogP contribution in [0.15, 0.2) is 16.2 Å². The molecule has 3 rings (SSSR count). The lowest BCUT2D eigenvalue weighted by molar-refractivity contribution is 0.401. The Bertz CT molecular complexity index is 756. The molecule has 0 spiro atoms. The zero-order valence-electron chi connectivity index (χ0n) is 14.3. The molecular weight excluding hydrogens is 344 g/mol. The third kappa shape index (κ3) is 4.16. The first-order valence-corrected chi connectivity index (χ1v) is 9.54. The molecule has 0 aliphatic carbocycles. The van der Waals surface area contributed by atoms with E-state index in [4.69, 9.17) is 16.6 Å². The van der Waals surface area contributed by atoms with Crippen molar-refractivity contribution in [2.24, 2.45) is 5.92 Å². The Morgan fingerprint density at radius 1 is 1.33 bits per heavy atom. The number of hydrogen-bond donors (Lipinski definition) is 1. The normalized spacial score (nSPS) is 16.6. The molecule has 1 fully saturated rings. The highest BCUT2D eigenvalue weighted by molar-refractivity contribution is 7.09. The van der Waals surface area contributed by atoms with Crippen LogP contribution < -0.4 is 10.6 Å². The summed E-state index contributed by atoms with van der Waals surface area (Å²) in [7, 11) is 0. The lowest BCUT2D eigenvalue weighted by atomic mass is 9.92. The standard InChI is InChI=1S/C17H23ClN4OS/c1-17(2,3)12-10-24-15(19-12)8-11-4-6-22(7-5-11)14-9-13(18)20-16(23)21-14/h9-11H,4-8H2,1-3H3,(H,20,21,23). The van der Waals surface area contributed by atoms with Gasteiger partial charge in [-0.05, 0) is 18.8 Å². The SMILES string of the molecule is CC(C)(C)c1csc(CC2CCN(c3cc(Cl)[nH]c(=O)n3)CC2)n1. The van der Waals surface area contributed by atoms with Crippen LogP contribution in [0.3, 0.4) is 0 Å². The molecule has 1 N–H and O–H groups in total. The number of nitrogens with zero attached hydrogens (tertiary/aromatic N) is 3. The molecule has 0 atom stereocenters. The van der Waals surface area contributed by atoms with Gasteiger partial charge >= 0.3 is 5.69 Å². The molecule has 7 heteroatoms. The van der Waals surface area contributed by atoms with Gasteiger partial charge in [0.1, 0.15) is 11.0 Å². The van der Waals surface area contributed by atoms with Crippen LogP contribution in [0.4, 0.5) is 5.82 Å². The average molecular weight is 367 g/mol. The fourth-order valence-electron chi connectivity index (χ4n) is 2.94. The molecule has 0 aromatic carbocycles. The van der Waals surface area contributed by atoms with Gasteiger partial charge in [0, 0.05) is 36.4 Å². The molecule has 1 aliphatic heterocycles. The van der Waals surface area contributed by atoms with Crippen LogP contribution in [0.2, 0.25) is 5.15 Å². The van der Waals surface area contributed by atoms with Crippen LogP contribution >= 0.6 is 22.9 Å². The molecule has 2 aromatic heterocycles. The topological polar surface area (TPSA) is 61.9 Å². The van der Waals surface area contributed by atoms with Gasteiger partial charge in [0.15, 0.2) is 0 Å². The van der Waals surface area contributed by atoms with Crippen LogP contribution in [0.25, 0.3) is 0 Å². The maximum atomic E-state index is 11.5. The van der Waals surface area contributed by atoms with Crippen molar-refractivity contribution >= 4 is 28.8 Å². The number of anilines is 1. The molecule has 24 heavy (non-hydrogen) atoms. The van der Waals surface area contributed by atoms with Crippen molar-refractivity contribution < 1.29 is 0 Å². The quantitative estimate of drug-likeness (QED) is 0.842. The molecule has 0 amide bonds. The van der Waals surface area contributed by atoms with Crippen LogP contribution in [0, 0.1) is 5.92 Å². The summed E-state index contributed by atoms with van der Waals surface area (Å²) >= 11 is 7.69. The van der Waals surface area contributed by atoms with Crippen molar-refractivity contribution in [1.82, 2.24) is 15.0 Å². The van der Waals surface area contributed by atoms with Crippen molar-refractivity contribution in [3.05, 3.63) is 37.8 Å². The van der Waals surface area contributed by atoms with Crippen molar-refractivity contribution in [2.75, 3.05) is 18.0 Å². The second-order valence-corrected chi connectivity index (χ2v) is 8.75. The second-order valence-electron chi connectivity index (χ2n) is 7.40. The maximum absolute atomic E-state index is 11.5. The van der Waals surface area contributed by atoms with Crippen molar-refractivity contribution in [3.8, 4) is 0 Å². The summed E-state index contributed by atoms with van der Waals surface area (Å²) in [5.74, 6) is 1.31. The number of thiazole rings is 1. The van der Waals surface area contributed by atoms with E-state index in [-0.39, 0.29) is 5.41 Å². The highest BCUT2D eigenvalue weighted by atomic mass is 35.5.